The summed E-state index contributed by atoms with van der Waals surface area (Å²) in [4.78, 5) is 11.9. The van der Waals surface area contributed by atoms with Gasteiger partial charge in [-0.2, -0.15) is 0 Å². The van der Waals surface area contributed by atoms with Gasteiger partial charge in [-0.15, -0.1) is 0 Å². The van der Waals surface area contributed by atoms with Crippen molar-refractivity contribution in [1.29, 1.82) is 0 Å². The fourth-order valence-corrected chi connectivity index (χ4v) is 2.19. The molecule has 1 saturated carbocycles. The molecule has 0 atom stereocenters. The summed E-state index contributed by atoms with van der Waals surface area (Å²) in [6.07, 6.45) is 5.80. The molecule has 0 bridgehead atoms. The molecule has 1 amide bonds. The molecule has 1 fully saturated rings. The normalized spacial score (nSPS) is 25.6. The summed E-state index contributed by atoms with van der Waals surface area (Å²) < 4.78 is 0. The lowest BCUT2D eigenvalue weighted by atomic mass is 9.89. The Kier molecular flexibility index (Phi) is 5.44. The molecule has 2 N–H and O–H groups in total. The Morgan fingerprint density at radius 3 is 2.12 bits per heavy atom. The van der Waals surface area contributed by atoms with Gasteiger partial charge in [-0.3, -0.25) is 4.79 Å². The lowest BCUT2D eigenvalue weighted by Gasteiger charge is -2.31. The van der Waals surface area contributed by atoms with Crippen LogP contribution in [-0.2, 0) is 4.79 Å². The monoisotopic (exact) mass is 240 g/mol. The lowest BCUT2D eigenvalue weighted by molar-refractivity contribution is -0.129. The molecule has 0 radical (unpaired) electrons. The zero-order chi connectivity index (χ0) is 12.9. The third-order valence-electron chi connectivity index (χ3n) is 3.43. The lowest BCUT2D eigenvalue weighted by Crippen LogP contribution is -2.45. The average Bonchev–Trinajstić information content (AvgIpc) is 2.27. The third kappa shape index (κ3) is 5.07. The van der Waals surface area contributed by atoms with Gasteiger partial charge in [0.15, 0.2) is 0 Å². The summed E-state index contributed by atoms with van der Waals surface area (Å²) in [5, 5.41) is 6.73. The molecule has 0 saturated heterocycles. The Labute approximate surface area is 106 Å². The van der Waals surface area contributed by atoms with Gasteiger partial charge in [0.1, 0.15) is 0 Å². The van der Waals surface area contributed by atoms with Crippen molar-refractivity contribution in [3.63, 3.8) is 0 Å². The van der Waals surface area contributed by atoms with Gasteiger partial charge in [-0.25, -0.2) is 0 Å². The van der Waals surface area contributed by atoms with Crippen LogP contribution >= 0.6 is 0 Å². The molecule has 3 nitrogen and oxygen atoms in total. The predicted octanol–water partition coefficient (Wildman–Crippen LogP) is 2.46. The molecule has 1 aliphatic rings. The van der Waals surface area contributed by atoms with Gasteiger partial charge in [0, 0.05) is 17.5 Å². The zero-order valence-corrected chi connectivity index (χ0v) is 11.8. The molecule has 0 aliphatic heterocycles. The molecule has 0 aromatic carbocycles. The highest BCUT2D eigenvalue weighted by atomic mass is 16.2. The Balaban J connectivity index is 2.25. The van der Waals surface area contributed by atoms with E-state index < -0.39 is 0 Å². The fraction of sp³-hybridized carbons (Fsp3) is 0.929. The topological polar surface area (TPSA) is 41.1 Å². The van der Waals surface area contributed by atoms with Gasteiger partial charge in [0.05, 0.1) is 0 Å². The van der Waals surface area contributed by atoms with E-state index >= 15 is 0 Å². The number of carbonyl (C=O) groups is 1. The van der Waals surface area contributed by atoms with Crippen LogP contribution in [-0.4, -0.2) is 24.5 Å². The quantitative estimate of drug-likeness (QED) is 0.792. The number of amides is 1. The van der Waals surface area contributed by atoms with Crippen LogP contribution in [0.5, 0.6) is 0 Å². The van der Waals surface area contributed by atoms with Gasteiger partial charge in [0.2, 0.25) is 5.91 Å². The first-order valence-corrected chi connectivity index (χ1v) is 6.98. The maximum absolute atomic E-state index is 11.9. The van der Waals surface area contributed by atoms with Crippen molar-refractivity contribution in [3.8, 4) is 0 Å². The second-order valence-corrected chi connectivity index (χ2v) is 6.23. The van der Waals surface area contributed by atoms with Crippen molar-refractivity contribution >= 4 is 5.91 Å². The largest absolute Gasteiger partial charge is 0.353 e. The summed E-state index contributed by atoms with van der Waals surface area (Å²) in [5.74, 6) is 0.183. The molecule has 0 spiro atoms. The first kappa shape index (κ1) is 14.5. The molecule has 17 heavy (non-hydrogen) atoms. The Bertz CT molecular complexity index is 237. The first-order chi connectivity index (χ1) is 7.93. The smallest absolute Gasteiger partial charge is 0.225 e. The summed E-state index contributed by atoms with van der Waals surface area (Å²) >= 11 is 0. The maximum atomic E-state index is 11.9. The molecular weight excluding hydrogens is 212 g/mol. The molecule has 3 heteroatoms. The van der Waals surface area contributed by atoms with E-state index in [9.17, 15) is 4.79 Å². The van der Waals surface area contributed by atoms with Crippen LogP contribution < -0.4 is 10.6 Å². The van der Waals surface area contributed by atoms with Crippen molar-refractivity contribution in [3.05, 3.63) is 0 Å². The number of carbonyl (C=O) groups excluding carboxylic acids is 1. The zero-order valence-electron chi connectivity index (χ0n) is 11.8. The van der Waals surface area contributed by atoms with E-state index in [1.807, 2.05) is 20.8 Å². The molecule has 100 valence electrons. The van der Waals surface area contributed by atoms with Gasteiger partial charge in [-0.1, -0.05) is 27.7 Å². The van der Waals surface area contributed by atoms with Crippen molar-refractivity contribution in [1.82, 2.24) is 10.6 Å². The molecular formula is C14H28N2O. The molecule has 0 heterocycles. The van der Waals surface area contributed by atoms with Crippen LogP contribution in [0.2, 0.25) is 0 Å². The van der Waals surface area contributed by atoms with Crippen LogP contribution in [0.1, 0.15) is 59.8 Å². The van der Waals surface area contributed by atoms with Gasteiger partial charge < -0.3 is 10.6 Å². The van der Waals surface area contributed by atoms with Crippen molar-refractivity contribution < 1.29 is 4.79 Å². The summed E-state index contributed by atoms with van der Waals surface area (Å²) in [7, 11) is 0. The van der Waals surface area contributed by atoms with E-state index in [4.69, 9.17) is 0 Å². The van der Waals surface area contributed by atoms with Crippen LogP contribution in [0.3, 0.4) is 0 Å². The van der Waals surface area contributed by atoms with Gasteiger partial charge in [0.25, 0.3) is 0 Å². The first-order valence-electron chi connectivity index (χ1n) is 6.98. The molecule has 0 unspecified atom stereocenters. The molecule has 0 aromatic heterocycles. The van der Waals surface area contributed by atoms with E-state index in [1.165, 1.54) is 19.3 Å². The van der Waals surface area contributed by atoms with Crippen molar-refractivity contribution in [2.24, 2.45) is 5.41 Å². The number of hydrogen-bond donors (Lipinski definition) is 2. The molecule has 1 rings (SSSR count). The minimum atomic E-state index is -0.267. The van der Waals surface area contributed by atoms with Gasteiger partial charge >= 0.3 is 0 Å². The van der Waals surface area contributed by atoms with E-state index in [0.717, 1.165) is 19.4 Å². The summed E-state index contributed by atoms with van der Waals surface area (Å²) in [6.45, 7) is 9.22. The highest BCUT2D eigenvalue weighted by molar-refractivity contribution is 5.81. The van der Waals surface area contributed by atoms with Crippen molar-refractivity contribution in [2.75, 3.05) is 6.54 Å². The maximum Gasteiger partial charge on any atom is 0.225 e. The third-order valence-corrected chi connectivity index (χ3v) is 3.43. The number of rotatable bonds is 4. The highest BCUT2D eigenvalue weighted by Crippen LogP contribution is 2.21. The Morgan fingerprint density at radius 1 is 1.12 bits per heavy atom. The number of nitrogens with one attached hydrogen (secondary N) is 2. The predicted molar refractivity (Wildman–Crippen MR) is 71.9 cm³/mol. The van der Waals surface area contributed by atoms with Crippen molar-refractivity contribution in [2.45, 2.75) is 71.9 Å². The van der Waals surface area contributed by atoms with E-state index in [-0.39, 0.29) is 11.3 Å². The van der Waals surface area contributed by atoms with E-state index in [1.54, 1.807) is 0 Å². The highest BCUT2D eigenvalue weighted by Gasteiger charge is 2.26. The summed E-state index contributed by atoms with van der Waals surface area (Å²) in [5.41, 5.74) is -0.267. The SMILES string of the molecule is CCCNC1CCC(NC(=O)C(C)(C)C)CC1. The Morgan fingerprint density at radius 2 is 1.65 bits per heavy atom. The van der Waals surface area contributed by atoms with Crippen LogP contribution in [0.4, 0.5) is 0 Å². The van der Waals surface area contributed by atoms with Gasteiger partial charge in [-0.05, 0) is 38.6 Å². The van der Waals surface area contributed by atoms with E-state index in [0.29, 0.717) is 12.1 Å². The molecule has 0 aromatic rings. The second-order valence-electron chi connectivity index (χ2n) is 6.23. The minimum absolute atomic E-state index is 0.183. The summed E-state index contributed by atoms with van der Waals surface area (Å²) in [6, 6.07) is 1.05. The van der Waals surface area contributed by atoms with Crippen LogP contribution in [0.15, 0.2) is 0 Å². The van der Waals surface area contributed by atoms with E-state index in [2.05, 4.69) is 17.6 Å². The van der Waals surface area contributed by atoms with Crippen LogP contribution in [0, 0.1) is 5.41 Å². The molecule has 1 aliphatic carbocycles. The number of hydrogen-bond acceptors (Lipinski definition) is 2. The average molecular weight is 240 g/mol. The Hall–Kier alpha value is -0.570. The fourth-order valence-electron chi connectivity index (χ4n) is 2.19. The second kappa shape index (κ2) is 6.39. The standard InChI is InChI=1S/C14H28N2O/c1-5-10-15-11-6-8-12(9-7-11)16-13(17)14(2,3)4/h11-12,15H,5-10H2,1-4H3,(H,16,17). The minimum Gasteiger partial charge on any atom is -0.353 e. The van der Waals surface area contributed by atoms with Crippen LogP contribution in [0.25, 0.3) is 0 Å².